The minimum atomic E-state index is -0.0539. The summed E-state index contributed by atoms with van der Waals surface area (Å²) >= 11 is 9.45. The van der Waals surface area contributed by atoms with Crippen LogP contribution in [0.5, 0.6) is 0 Å². The lowest BCUT2D eigenvalue weighted by atomic mass is 10.1. The number of halogens is 2. The smallest absolute Gasteiger partial charge is 0.263 e. The van der Waals surface area contributed by atoms with Crippen molar-refractivity contribution in [2.24, 2.45) is 5.73 Å². The number of aryl methyl sites for hydroxylation is 8. The van der Waals surface area contributed by atoms with Crippen molar-refractivity contribution in [3.8, 4) is 22.7 Å². The highest BCUT2D eigenvalue weighted by molar-refractivity contribution is 9.08. The summed E-state index contributed by atoms with van der Waals surface area (Å²) in [5.74, 6) is 1.45. The molecule has 658 valence electrons. The number of ether oxygens (including phenoxy) is 2. The summed E-state index contributed by atoms with van der Waals surface area (Å²) in [6.07, 6.45) is 16.1. The number of imidazole rings is 3. The third-order valence-electron chi connectivity index (χ3n) is 23.6. The van der Waals surface area contributed by atoms with Gasteiger partial charge in [0.05, 0.1) is 76.4 Å². The predicted molar refractivity (Wildman–Crippen MR) is 521 cm³/mol. The van der Waals surface area contributed by atoms with Crippen LogP contribution in [0.15, 0.2) is 251 Å². The van der Waals surface area contributed by atoms with Gasteiger partial charge in [-0.2, -0.15) is 0 Å². The number of aromatic amines is 1. The fourth-order valence-electron chi connectivity index (χ4n) is 17.2. The van der Waals surface area contributed by atoms with Gasteiger partial charge < -0.3 is 35.3 Å². The molecule has 2 saturated heterocycles. The molecule has 4 N–H and O–H groups in total. The number of nitrogens with zero attached hydrogens (tertiary/aromatic N) is 17. The normalized spacial score (nSPS) is 13.7. The van der Waals surface area contributed by atoms with Gasteiger partial charge in [0, 0.05) is 62.0 Å². The molecule has 12 heterocycles. The van der Waals surface area contributed by atoms with E-state index in [1.54, 1.807) is 25.3 Å². The van der Waals surface area contributed by atoms with Crippen molar-refractivity contribution in [2.45, 2.75) is 131 Å². The molecular weight excluding hydrogens is 1700 g/mol. The number of hydrogen-bond donors (Lipinski definition) is 3. The van der Waals surface area contributed by atoms with E-state index in [-0.39, 0.29) is 34.7 Å². The molecule has 20 rings (SSSR count). The number of fused-ring (bicyclic) bond motifs is 7. The minimum Gasteiger partial charge on any atom is -0.358 e. The highest BCUT2D eigenvalue weighted by Gasteiger charge is 2.26. The zero-order valence-electron chi connectivity index (χ0n) is 74.5. The van der Waals surface area contributed by atoms with Crippen LogP contribution in [0.25, 0.3) is 99.3 Å². The molecule has 0 aliphatic carbocycles. The van der Waals surface area contributed by atoms with Crippen LogP contribution < -0.4 is 43.1 Å². The van der Waals surface area contributed by atoms with Gasteiger partial charge >= 0.3 is 0 Å². The molecule has 8 aromatic carbocycles. The SMILES string of the molecule is CN.CNCc1cc2cccc(C)c2c(=O)n1-c1ccccc1C.Cc1ccccc1-n1c(CBr)cc2cccc(C)c2c1=O.Cc1ccccc1-n1c(CN(C)c2ncnc3c2ncn3C2CCCCO2)cc2cccc(C)c2c1=O.Cc1ccccc1-n1c(CN(C)c2ncnc3nc[nH]c23)cc2cccc(C)c2c1=O.Clc1ncnc2c1ncn2C1CCCCO1. The fourth-order valence-corrected chi connectivity index (χ4v) is 17.8. The lowest BCUT2D eigenvalue weighted by Crippen LogP contribution is -2.28. The lowest BCUT2D eigenvalue weighted by molar-refractivity contribution is -0.0299. The number of pyridine rings is 4. The Morgan fingerprint density at radius 1 is 0.426 bits per heavy atom. The molecule has 129 heavy (non-hydrogen) atoms. The van der Waals surface area contributed by atoms with Gasteiger partial charge in [0.15, 0.2) is 39.2 Å². The number of anilines is 2. The van der Waals surface area contributed by atoms with Gasteiger partial charge in [-0.15, -0.1) is 0 Å². The summed E-state index contributed by atoms with van der Waals surface area (Å²) in [7, 11) is 7.33. The molecule has 2 fully saturated rings. The number of alkyl halides is 1. The number of para-hydroxylation sites is 4. The largest absolute Gasteiger partial charge is 0.358 e. The zero-order valence-corrected chi connectivity index (χ0v) is 76.8. The first-order valence-corrected chi connectivity index (χ1v) is 44.6. The summed E-state index contributed by atoms with van der Waals surface area (Å²) in [6.45, 7) is 19.2. The Kier molecular flexibility index (Phi) is 28.4. The van der Waals surface area contributed by atoms with Crippen LogP contribution in [0.3, 0.4) is 0 Å². The van der Waals surface area contributed by atoms with Crippen LogP contribution in [-0.4, -0.2) is 119 Å². The van der Waals surface area contributed by atoms with Crippen LogP contribution in [0.2, 0.25) is 5.15 Å². The molecule has 0 bridgehead atoms. The Bertz CT molecular complexity index is 7390. The molecule has 2 aliphatic rings. The second-order valence-electron chi connectivity index (χ2n) is 32.2. The van der Waals surface area contributed by atoms with E-state index in [1.165, 1.54) is 26.1 Å². The number of hydrogen-bond acceptors (Lipinski definition) is 19. The lowest BCUT2D eigenvalue weighted by Gasteiger charge is -2.24. The quantitative estimate of drug-likeness (QED) is 0.0635. The van der Waals surface area contributed by atoms with Crippen LogP contribution in [0.4, 0.5) is 11.6 Å². The average Bonchev–Trinajstić information content (AvgIpc) is 1.68. The van der Waals surface area contributed by atoms with Crippen molar-refractivity contribution < 1.29 is 9.47 Å². The van der Waals surface area contributed by atoms with Crippen molar-refractivity contribution >= 4 is 116 Å². The summed E-state index contributed by atoms with van der Waals surface area (Å²) < 4.78 is 22.9. The average molecular weight is 1810 g/mol. The number of benzene rings is 8. The minimum absolute atomic E-state index is 0.0114. The van der Waals surface area contributed by atoms with Crippen LogP contribution in [0, 0.1) is 55.4 Å². The monoisotopic (exact) mass is 1810 g/mol. The van der Waals surface area contributed by atoms with Gasteiger partial charge in [-0.25, -0.2) is 44.9 Å². The maximum Gasteiger partial charge on any atom is 0.263 e. The van der Waals surface area contributed by atoms with E-state index in [9.17, 15) is 19.2 Å². The second kappa shape index (κ2) is 40.6. The molecule has 2 aliphatic heterocycles. The highest BCUT2D eigenvalue weighted by Crippen LogP contribution is 2.34. The summed E-state index contributed by atoms with van der Waals surface area (Å²) in [4.78, 5) is 99.9. The maximum atomic E-state index is 13.9. The number of nitrogens with one attached hydrogen (secondary N) is 2. The number of H-pyrrole nitrogens is 1. The van der Waals surface area contributed by atoms with E-state index in [2.05, 4.69) is 101 Å². The summed E-state index contributed by atoms with van der Waals surface area (Å²) in [6, 6.07) is 64.2. The first-order valence-electron chi connectivity index (χ1n) is 43.1. The van der Waals surface area contributed by atoms with Gasteiger partial charge in [0.25, 0.3) is 22.2 Å². The van der Waals surface area contributed by atoms with Crippen LogP contribution in [-0.2, 0) is 34.4 Å². The van der Waals surface area contributed by atoms with Crippen LogP contribution in [0.1, 0.15) is 118 Å². The molecular formula is C101H104BrClN20O6. The fraction of sp³-hybridized carbons (Fsp3) is 0.257. The molecule has 0 amide bonds. The van der Waals surface area contributed by atoms with E-state index in [0.29, 0.717) is 47.1 Å². The van der Waals surface area contributed by atoms with E-state index in [4.69, 9.17) is 21.1 Å². The molecule has 0 saturated carbocycles. The number of rotatable bonds is 15. The first kappa shape index (κ1) is 90.3. The Balaban J connectivity index is 0.000000127. The third-order valence-corrected chi connectivity index (χ3v) is 24.4. The molecule has 10 aromatic heterocycles. The van der Waals surface area contributed by atoms with Gasteiger partial charge in [-0.3, -0.25) is 46.6 Å². The van der Waals surface area contributed by atoms with E-state index in [0.717, 1.165) is 207 Å². The Morgan fingerprint density at radius 2 is 0.783 bits per heavy atom. The van der Waals surface area contributed by atoms with E-state index >= 15 is 0 Å². The van der Waals surface area contributed by atoms with Gasteiger partial charge in [-0.1, -0.05) is 173 Å². The Morgan fingerprint density at radius 3 is 1.19 bits per heavy atom. The van der Waals surface area contributed by atoms with E-state index in [1.807, 2.05) is 284 Å². The Hall–Kier alpha value is -13.5. The molecule has 2 atom stereocenters. The van der Waals surface area contributed by atoms with Gasteiger partial charge in [-0.05, 0) is 223 Å². The molecule has 0 spiro atoms. The zero-order chi connectivity index (χ0) is 90.7. The molecule has 2 unspecified atom stereocenters. The summed E-state index contributed by atoms with van der Waals surface area (Å²) in [5.41, 5.74) is 24.4. The van der Waals surface area contributed by atoms with Crippen molar-refractivity contribution in [3.05, 3.63) is 346 Å². The first-order chi connectivity index (χ1) is 62.7. The van der Waals surface area contributed by atoms with Gasteiger partial charge in [0.2, 0.25) is 0 Å². The molecule has 28 heteroatoms. The van der Waals surface area contributed by atoms with Crippen molar-refractivity contribution in [1.29, 1.82) is 0 Å². The van der Waals surface area contributed by atoms with Crippen molar-refractivity contribution in [3.63, 3.8) is 0 Å². The summed E-state index contributed by atoms with van der Waals surface area (Å²) in [5, 5.41) is 11.1. The van der Waals surface area contributed by atoms with Crippen molar-refractivity contribution in [1.82, 2.24) is 82.6 Å². The predicted octanol–water partition coefficient (Wildman–Crippen LogP) is 18.6. The topological polar surface area (TPSA) is 293 Å². The second-order valence-corrected chi connectivity index (χ2v) is 33.2. The maximum absolute atomic E-state index is 13.9. The van der Waals surface area contributed by atoms with Crippen molar-refractivity contribution in [2.75, 3.05) is 51.2 Å². The third kappa shape index (κ3) is 18.8. The van der Waals surface area contributed by atoms with E-state index < -0.39 is 0 Å². The highest BCUT2D eigenvalue weighted by atomic mass is 79.9. The number of nitrogens with two attached hydrogens (primary N) is 1. The van der Waals surface area contributed by atoms with Gasteiger partial charge in [0.1, 0.15) is 42.5 Å². The molecule has 0 radical (unpaired) electrons. The number of aromatic nitrogens is 16. The molecule has 26 nitrogen and oxygen atoms in total. The Labute approximate surface area is 759 Å². The molecule has 18 aromatic rings. The van der Waals surface area contributed by atoms with Crippen LogP contribution >= 0.6 is 27.5 Å². The standard InChI is InChI=1S/C29H30N6O2.C24H22N6O.C19H20N2O.C18H16BrNO.C10H11ClN4O.CH5N/c1-19-9-4-5-12-23(19)35-22(15-21-11-8-10-20(2)25(21)29(35)36)16-33(3)27-26-28(31-17-30-27)34(18-32-26)24-13-6-7-14-37-24;1-15-7-4-5-10-19(15)30-18(11-17-9-6-8-16(2)20(17)24(30)31)12-29(3)23-21-22(26-13-25-21)27-14-28-23;1-13-7-4-5-10-17(13)21-16(12-20-3)11-15-9-6-8-14(2)18(15)19(21)22;1-12-6-3-4-9-16(12)20-15(11-19)10-14-8-5-7-13(2)17(14)18(20)21;11-9-8-10(13-5-12-9)15(6-14-8)7-3-1-2-4-16-7;1-2/h4-5,8-12,15,17-18,24H,6-7,13-14,16H2,1-3H3;4-11,13-14H,12H2,1-3H3,(H,25,26,27,28);4-11,20H,12H2,1-3H3;3-10H,11H2,1-2H3;5-7H,1-4H2;2H2,1H3.